The van der Waals surface area contributed by atoms with E-state index in [1.165, 1.54) is 38.5 Å². The topological polar surface area (TPSA) is 21.3 Å². The molecule has 1 aliphatic carbocycles. The summed E-state index contributed by atoms with van der Waals surface area (Å²) in [5.74, 6) is 0.665. The number of nitrogens with one attached hydrogen (secondary N) is 1. The predicted molar refractivity (Wildman–Crippen MR) is 63.0 cm³/mol. The molecule has 2 nitrogen and oxygen atoms in total. The molecular formula is C13H25NO. The van der Waals surface area contributed by atoms with Crippen molar-refractivity contribution < 1.29 is 4.74 Å². The molecule has 2 aliphatic rings. The van der Waals surface area contributed by atoms with Gasteiger partial charge in [0.25, 0.3) is 0 Å². The monoisotopic (exact) mass is 211 g/mol. The summed E-state index contributed by atoms with van der Waals surface area (Å²) in [6, 6.07) is 1.52. The van der Waals surface area contributed by atoms with Crippen molar-refractivity contribution in [2.45, 2.75) is 70.6 Å². The Hall–Kier alpha value is -0.0800. The van der Waals surface area contributed by atoms with Crippen molar-refractivity contribution >= 4 is 0 Å². The summed E-state index contributed by atoms with van der Waals surface area (Å²) in [4.78, 5) is 0. The van der Waals surface area contributed by atoms with Gasteiger partial charge in [-0.2, -0.15) is 0 Å². The van der Waals surface area contributed by atoms with Gasteiger partial charge >= 0.3 is 0 Å². The van der Waals surface area contributed by atoms with Crippen molar-refractivity contribution in [2.75, 3.05) is 6.61 Å². The Morgan fingerprint density at radius 2 is 1.80 bits per heavy atom. The maximum absolute atomic E-state index is 5.79. The average molecular weight is 211 g/mol. The van der Waals surface area contributed by atoms with Gasteiger partial charge in [-0.1, -0.05) is 26.7 Å². The minimum Gasteiger partial charge on any atom is -0.378 e. The first-order valence-electron chi connectivity index (χ1n) is 6.63. The van der Waals surface area contributed by atoms with Crippen molar-refractivity contribution in [1.29, 1.82) is 0 Å². The van der Waals surface area contributed by atoms with Gasteiger partial charge in [-0.05, 0) is 31.6 Å². The molecule has 0 amide bonds. The second kappa shape index (κ2) is 5.31. The summed E-state index contributed by atoms with van der Waals surface area (Å²) in [6.07, 6.45) is 8.54. The van der Waals surface area contributed by atoms with Crippen LogP contribution in [0.2, 0.25) is 0 Å². The van der Waals surface area contributed by atoms with Crippen molar-refractivity contribution in [3.63, 3.8) is 0 Å². The lowest BCUT2D eigenvalue weighted by molar-refractivity contribution is -0.0258. The molecule has 0 spiro atoms. The van der Waals surface area contributed by atoms with Crippen LogP contribution in [0.3, 0.4) is 0 Å². The fraction of sp³-hybridized carbons (Fsp3) is 1.00. The minimum atomic E-state index is 0.484. The van der Waals surface area contributed by atoms with Crippen molar-refractivity contribution in [3.05, 3.63) is 0 Å². The standard InChI is InChI=1S/C13H25NO/c1-10(2)13-9-12(7-8-15-13)14-11-5-3-4-6-11/h10-14H,3-9H2,1-2H3. The van der Waals surface area contributed by atoms with Crippen LogP contribution in [0.4, 0.5) is 0 Å². The van der Waals surface area contributed by atoms with Crippen LogP contribution in [0.1, 0.15) is 52.4 Å². The highest BCUT2D eigenvalue weighted by Gasteiger charge is 2.27. The Kier molecular flexibility index (Phi) is 4.04. The zero-order chi connectivity index (χ0) is 10.7. The average Bonchev–Trinajstić information content (AvgIpc) is 2.71. The van der Waals surface area contributed by atoms with E-state index in [2.05, 4.69) is 19.2 Å². The Labute approximate surface area is 93.8 Å². The van der Waals surface area contributed by atoms with Gasteiger partial charge in [0.2, 0.25) is 0 Å². The Morgan fingerprint density at radius 1 is 1.07 bits per heavy atom. The summed E-state index contributed by atoms with van der Waals surface area (Å²) >= 11 is 0. The number of hydrogen-bond acceptors (Lipinski definition) is 2. The highest BCUT2D eigenvalue weighted by atomic mass is 16.5. The van der Waals surface area contributed by atoms with Crippen molar-refractivity contribution in [3.8, 4) is 0 Å². The summed E-state index contributed by atoms with van der Waals surface area (Å²) in [5.41, 5.74) is 0. The second-order valence-electron chi connectivity index (χ2n) is 5.52. The van der Waals surface area contributed by atoms with Crippen LogP contribution in [-0.4, -0.2) is 24.8 Å². The molecule has 0 bridgehead atoms. The van der Waals surface area contributed by atoms with E-state index in [9.17, 15) is 0 Å². The van der Waals surface area contributed by atoms with E-state index in [1.807, 2.05) is 0 Å². The lowest BCUT2D eigenvalue weighted by Crippen LogP contribution is -2.44. The van der Waals surface area contributed by atoms with Gasteiger partial charge in [0.05, 0.1) is 6.10 Å². The van der Waals surface area contributed by atoms with Gasteiger partial charge in [-0.15, -0.1) is 0 Å². The predicted octanol–water partition coefficient (Wildman–Crippen LogP) is 2.72. The summed E-state index contributed by atoms with van der Waals surface area (Å²) < 4.78 is 5.79. The molecule has 0 aromatic carbocycles. The fourth-order valence-electron chi connectivity index (χ4n) is 2.87. The molecule has 1 aliphatic heterocycles. The molecule has 1 N–H and O–H groups in total. The van der Waals surface area contributed by atoms with Gasteiger partial charge in [0.15, 0.2) is 0 Å². The maximum Gasteiger partial charge on any atom is 0.0612 e. The Morgan fingerprint density at radius 3 is 2.47 bits per heavy atom. The first kappa shape index (κ1) is 11.4. The number of ether oxygens (including phenoxy) is 1. The zero-order valence-electron chi connectivity index (χ0n) is 10.2. The molecule has 0 aromatic rings. The van der Waals surface area contributed by atoms with E-state index in [0.717, 1.165) is 12.6 Å². The third-order valence-electron chi connectivity index (χ3n) is 3.89. The lowest BCUT2D eigenvalue weighted by atomic mass is 9.95. The van der Waals surface area contributed by atoms with Crippen molar-refractivity contribution in [2.24, 2.45) is 5.92 Å². The molecule has 2 atom stereocenters. The van der Waals surface area contributed by atoms with Gasteiger partial charge < -0.3 is 10.1 Å². The highest BCUT2D eigenvalue weighted by Crippen LogP contribution is 2.23. The number of rotatable bonds is 3. The van der Waals surface area contributed by atoms with E-state index in [-0.39, 0.29) is 0 Å². The van der Waals surface area contributed by atoms with Crippen LogP contribution in [0.25, 0.3) is 0 Å². The highest BCUT2D eigenvalue weighted by molar-refractivity contribution is 4.83. The molecule has 15 heavy (non-hydrogen) atoms. The first-order chi connectivity index (χ1) is 7.25. The smallest absolute Gasteiger partial charge is 0.0612 e. The molecular weight excluding hydrogens is 186 g/mol. The molecule has 0 radical (unpaired) electrons. The summed E-state index contributed by atoms with van der Waals surface area (Å²) in [5, 5.41) is 3.82. The van der Waals surface area contributed by atoms with Crippen LogP contribution in [0, 0.1) is 5.92 Å². The van der Waals surface area contributed by atoms with E-state index in [1.54, 1.807) is 0 Å². The minimum absolute atomic E-state index is 0.484. The SMILES string of the molecule is CC(C)C1CC(NC2CCCC2)CCO1. The molecule has 2 unspecified atom stereocenters. The first-order valence-corrected chi connectivity index (χ1v) is 6.63. The van der Waals surface area contributed by atoms with Crippen LogP contribution < -0.4 is 5.32 Å². The van der Waals surface area contributed by atoms with Gasteiger partial charge in [-0.3, -0.25) is 0 Å². The normalized spacial score (nSPS) is 33.8. The molecule has 1 saturated carbocycles. The lowest BCUT2D eigenvalue weighted by Gasteiger charge is -2.34. The van der Waals surface area contributed by atoms with E-state index in [0.29, 0.717) is 18.1 Å². The van der Waals surface area contributed by atoms with E-state index in [4.69, 9.17) is 4.74 Å². The molecule has 2 fully saturated rings. The van der Waals surface area contributed by atoms with Crippen LogP contribution >= 0.6 is 0 Å². The van der Waals surface area contributed by atoms with Crippen LogP contribution in [0.15, 0.2) is 0 Å². The van der Waals surface area contributed by atoms with E-state index < -0.39 is 0 Å². The quantitative estimate of drug-likeness (QED) is 0.775. The molecule has 2 rings (SSSR count). The summed E-state index contributed by atoms with van der Waals surface area (Å²) in [7, 11) is 0. The van der Waals surface area contributed by atoms with Crippen LogP contribution in [0.5, 0.6) is 0 Å². The summed E-state index contributed by atoms with van der Waals surface area (Å²) in [6.45, 7) is 5.48. The molecule has 0 aromatic heterocycles. The third kappa shape index (κ3) is 3.18. The Balaban J connectivity index is 1.76. The molecule has 1 heterocycles. The number of hydrogen-bond donors (Lipinski definition) is 1. The largest absolute Gasteiger partial charge is 0.378 e. The van der Waals surface area contributed by atoms with E-state index >= 15 is 0 Å². The molecule has 1 saturated heterocycles. The Bertz CT molecular complexity index is 185. The fourth-order valence-corrected chi connectivity index (χ4v) is 2.87. The molecule has 2 heteroatoms. The zero-order valence-corrected chi connectivity index (χ0v) is 10.2. The maximum atomic E-state index is 5.79. The van der Waals surface area contributed by atoms with Crippen molar-refractivity contribution in [1.82, 2.24) is 5.32 Å². The van der Waals surface area contributed by atoms with Gasteiger partial charge in [0.1, 0.15) is 0 Å². The van der Waals surface area contributed by atoms with Crippen LogP contribution in [-0.2, 0) is 4.74 Å². The second-order valence-corrected chi connectivity index (χ2v) is 5.52. The van der Waals surface area contributed by atoms with Gasteiger partial charge in [0, 0.05) is 18.7 Å². The van der Waals surface area contributed by atoms with Gasteiger partial charge in [-0.25, -0.2) is 0 Å². The molecule has 88 valence electrons. The third-order valence-corrected chi connectivity index (χ3v) is 3.89.